The lowest BCUT2D eigenvalue weighted by atomic mass is 10.1. The lowest BCUT2D eigenvalue weighted by Crippen LogP contribution is -2.34. The van der Waals surface area contributed by atoms with E-state index in [9.17, 15) is 9.59 Å². The van der Waals surface area contributed by atoms with Gasteiger partial charge in [-0.15, -0.1) is 0 Å². The minimum atomic E-state index is -0.259. The minimum Gasteiger partial charge on any atom is -0.457 e. The smallest absolute Gasteiger partial charge is 0.251 e. The van der Waals surface area contributed by atoms with Crippen LogP contribution in [0.5, 0.6) is 11.5 Å². The number of hydrogen-bond donors (Lipinski definition) is 1. The summed E-state index contributed by atoms with van der Waals surface area (Å²) in [6.07, 6.45) is 2.47. The van der Waals surface area contributed by atoms with Crippen LogP contribution in [0, 0.1) is 13.8 Å². The second kappa shape index (κ2) is 10.1. The predicted octanol–water partition coefficient (Wildman–Crippen LogP) is 5.18. The van der Waals surface area contributed by atoms with Crippen molar-refractivity contribution in [3.8, 4) is 11.5 Å². The number of hydrogen-bond acceptors (Lipinski definition) is 5. The maximum Gasteiger partial charge on any atom is 0.251 e. The van der Waals surface area contributed by atoms with Crippen LogP contribution in [0.2, 0.25) is 5.02 Å². The Morgan fingerprint density at radius 1 is 1.18 bits per heavy atom. The van der Waals surface area contributed by atoms with Gasteiger partial charge in [0.25, 0.3) is 5.91 Å². The maximum absolute atomic E-state index is 12.8. The second-order valence-electron chi connectivity index (χ2n) is 8.08. The maximum atomic E-state index is 12.8. The summed E-state index contributed by atoms with van der Waals surface area (Å²) >= 11 is 5.99. The summed E-state index contributed by atoms with van der Waals surface area (Å²) in [7, 11) is 0. The zero-order chi connectivity index (χ0) is 23.4. The average Bonchev–Trinajstić information content (AvgIpc) is 3.13. The molecule has 0 aliphatic carbocycles. The van der Waals surface area contributed by atoms with Gasteiger partial charge in [0.05, 0.1) is 12.2 Å². The number of aryl methyl sites for hydroxylation is 2. The number of oxazole rings is 1. The SMILES string of the molecule is Cc1nc(C)c(CNC(=O)c2ccc(CN3CCCCC3=O)c(Oc3ccc(Cl)cc3)c2)o1. The van der Waals surface area contributed by atoms with Crippen molar-refractivity contribution in [1.29, 1.82) is 0 Å². The van der Waals surface area contributed by atoms with Crippen LogP contribution >= 0.6 is 11.6 Å². The van der Waals surface area contributed by atoms with Gasteiger partial charge >= 0.3 is 0 Å². The van der Waals surface area contributed by atoms with Crippen LogP contribution < -0.4 is 10.1 Å². The fourth-order valence-corrected chi connectivity index (χ4v) is 3.91. The summed E-state index contributed by atoms with van der Waals surface area (Å²) in [6.45, 7) is 5.00. The van der Waals surface area contributed by atoms with Crippen LogP contribution in [-0.4, -0.2) is 28.2 Å². The molecule has 172 valence electrons. The molecule has 1 saturated heterocycles. The van der Waals surface area contributed by atoms with Gasteiger partial charge in [-0.1, -0.05) is 17.7 Å². The van der Waals surface area contributed by atoms with Gasteiger partial charge in [0.1, 0.15) is 17.3 Å². The molecule has 2 amide bonds. The molecule has 1 aliphatic rings. The highest BCUT2D eigenvalue weighted by molar-refractivity contribution is 6.30. The van der Waals surface area contributed by atoms with Crippen molar-refractivity contribution < 1.29 is 18.7 Å². The van der Waals surface area contributed by atoms with E-state index >= 15 is 0 Å². The molecule has 2 heterocycles. The van der Waals surface area contributed by atoms with Crippen LogP contribution in [0.25, 0.3) is 0 Å². The number of nitrogens with zero attached hydrogens (tertiary/aromatic N) is 2. The number of ether oxygens (including phenoxy) is 1. The Morgan fingerprint density at radius 2 is 1.97 bits per heavy atom. The monoisotopic (exact) mass is 467 g/mol. The zero-order valence-corrected chi connectivity index (χ0v) is 19.4. The van der Waals surface area contributed by atoms with Crippen molar-refractivity contribution >= 4 is 23.4 Å². The first-order valence-electron chi connectivity index (χ1n) is 10.9. The van der Waals surface area contributed by atoms with E-state index in [4.69, 9.17) is 20.8 Å². The van der Waals surface area contributed by atoms with Crippen molar-refractivity contribution in [2.24, 2.45) is 0 Å². The fraction of sp³-hybridized carbons (Fsp3) is 0.320. The van der Waals surface area contributed by atoms with Crippen LogP contribution in [0.1, 0.15) is 52.5 Å². The van der Waals surface area contributed by atoms with E-state index in [0.29, 0.717) is 46.7 Å². The van der Waals surface area contributed by atoms with Crippen molar-refractivity contribution in [3.63, 3.8) is 0 Å². The molecule has 0 bridgehead atoms. The highest BCUT2D eigenvalue weighted by Gasteiger charge is 2.21. The minimum absolute atomic E-state index is 0.137. The van der Waals surface area contributed by atoms with Crippen molar-refractivity contribution in [2.45, 2.75) is 46.2 Å². The first kappa shape index (κ1) is 22.9. The van der Waals surface area contributed by atoms with Crippen LogP contribution in [0.4, 0.5) is 0 Å². The van der Waals surface area contributed by atoms with E-state index < -0.39 is 0 Å². The Kier molecular flexibility index (Phi) is 6.99. The number of carbonyl (C=O) groups is 2. The van der Waals surface area contributed by atoms with Crippen molar-refractivity contribution in [3.05, 3.63) is 76.0 Å². The molecule has 1 aromatic heterocycles. The summed E-state index contributed by atoms with van der Waals surface area (Å²) in [4.78, 5) is 31.2. The molecule has 1 aliphatic heterocycles. The summed E-state index contributed by atoms with van der Waals surface area (Å²) < 4.78 is 11.6. The number of rotatable bonds is 7. The number of carbonyl (C=O) groups excluding carboxylic acids is 2. The molecule has 4 rings (SSSR count). The zero-order valence-electron chi connectivity index (χ0n) is 18.7. The van der Waals surface area contributed by atoms with Gasteiger partial charge < -0.3 is 19.4 Å². The van der Waals surface area contributed by atoms with Crippen LogP contribution in [0.3, 0.4) is 0 Å². The summed E-state index contributed by atoms with van der Waals surface area (Å²) in [5.41, 5.74) is 2.03. The molecule has 1 fully saturated rings. The largest absolute Gasteiger partial charge is 0.457 e. The predicted molar refractivity (Wildman–Crippen MR) is 124 cm³/mol. The number of benzene rings is 2. The van der Waals surface area contributed by atoms with Gasteiger partial charge in [0, 0.05) is 42.6 Å². The quantitative estimate of drug-likeness (QED) is 0.517. The molecule has 1 N–H and O–H groups in total. The van der Waals surface area contributed by atoms with Crippen molar-refractivity contribution in [1.82, 2.24) is 15.2 Å². The Bertz CT molecular complexity index is 1160. The van der Waals surface area contributed by atoms with Crippen molar-refractivity contribution in [2.75, 3.05) is 6.54 Å². The third-order valence-corrected chi connectivity index (χ3v) is 5.81. The number of aromatic nitrogens is 1. The number of likely N-dealkylation sites (tertiary alicyclic amines) is 1. The van der Waals surface area contributed by atoms with E-state index in [0.717, 1.165) is 30.6 Å². The lowest BCUT2D eigenvalue weighted by Gasteiger charge is -2.27. The van der Waals surface area contributed by atoms with E-state index in [-0.39, 0.29) is 18.4 Å². The molecule has 0 spiro atoms. The van der Waals surface area contributed by atoms with Gasteiger partial charge in [0.15, 0.2) is 5.89 Å². The first-order chi connectivity index (χ1) is 15.9. The summed E-state index contributed by atoms with van der Waals surface area (Å²) in [5.74, 6) is 2.18. The Hall–Kier alpha value is -3.32. The van der Waals surface area contributed by atoms with Gasteiger partial charge in [-0.2, -0.15) is 0 Å². The average molecular weight is 468 g/mol. The topological polar surface area (TPSA) is 84.7 Å². The fourth-order valence-electron chi connectivity index (χ4n) is 3.79. The normalized spacial score (nSPS) is 13.8. The molecular weight excluding hydrogens is 442 g/mol. The van der Waals surface area contributed by atoms with Crippen LogP contribution in [-0.2, 0) is 17.9 Å². The molecule has 7 nitrogen and oxygen atoms in total. The molecule has 3 aromatic rings. The Morgan fingerprint density at radius 3 is 2.67 bits per heavy atom. The van der Waals surface area contributed by atoms with Gasteiger partial charge in [-0.05, 0) is 56.2 Å². The molecule has 2 aromatic carbocycles. The Balaban J connectivity index is 1.56. The standard InChI is InChI=1S/C25H26ClN3O4/c1-16-23(32-17(2)28-16)14-27-25(31)18-6-7-19(15-29-12-4-3-5-24(29)30)22(13-18)33-21-10-8-20(26)9-11-21/h6-11,13H,3-5,12,14-15H2,1-2H3,(H,27,31). The third kappa shape index (κ3) is 5.73. The highest BCUT2D eigenvalue weighted by Crippen LogP contribution is 2.29. The van der Waals surface area contributed by atoms with Gasteiger partial charge in [-0.3, -0.25) is 9.59 Å². The number of nitrogens with one attached hydrogen (secondary N) is 1. The lowest BCUT2D eigenvalue weighted by molar-refractivity contribution is -0.133. The molecule has 8 heteroatoms. The second-order valence-corrected chi connectivity index (χ2v) is 8.51. The van der Waals surface area contributed by atoms with Gasteiger partial charge in [0.2, 0.25) is 5.91 Å². The number of piperidine rings is 1. The van der Waals surface area contributed by atoms with E-state index in [2.05, 4.69) is 10.3 Å². The molecule has 0 atom stereocenters. The third-order valence-electron chi connectivity index (χ3n) is 5.56. The van der Waals surface area contributed by atoms with Crippen LogP contribution in [0.15, 0.2) is 46.9 Å². The van der Waals surface area contributed by atoms with E-state index in [1.807, 2.05) is 17.9 Å². The van der Waals surface area contributed by atoms with Gasteiger partial charge in [-0.25, -0.2) is 4.98 Å². The highest BCUT2D eigenvalue weighted by atomic mass is 35.5. The number of amides is 2. The summed E-state index contributed by atoms with van der Waals surface area (Å²) in [5, 5.41) is 3.47. The van der Waals surface area contributed by atoms with E-state index in [1.54, 1.807) is 43.3 Å². The molecule has 0 saturated carbocycles. The number of halogens is 1. The molecule has 0 radical (unpaired) electrons. The molecule has 0 unspecified atom stereocenters. The Labute approximate surface area is 197 Å². The molecular formula is C25H26ClN3O4. The molecule has 33 heavy (non-hydrogen) atoms. The van der Waals surface area contributed by atoms with E-state index in [1.165, 1.54) is 0 Å². The summed E-state index contributed by atoms with van der Waals surface area (Å²) in [6, 6.07) is 12.3. The first-order valence-corrected chi connectivity index (χ1v) is 11.3.